The monoisotopic (exact) mass is 255 g/mol. The molecule has 1 aromatic rings. The third kappa shape index (κ3) is 4.21. The summed E-state index contributed by atoms with van der Waals surface area (Å²) in [7, 11) is 0. The fraction of sp³-hybridized carbons (Fsp3) is 0.571. The van der Waals surface area contributed by atoms with Crippen molar-refractivity contribution in [3.05, 3.63) is 29.8 Å². The molecule has 0 saturated heterocycles. The quantitative estimate of drug-likeness (QED) is 0.894. The molecule has 0 bridgehead atoms. The predicted octanol–water partition coefficient (Wildman–Crippen LogP) is 3.70. The maximum absolute atomic E-state index is 6.14. The van der Waals surface area contributed by atoms with Crippen molar-refractivity contribution >= 4 is 12.4 Å². The first kappa shape index (κ1) is 14.3. The highest BCUT2D eigenvalue weighted by molar-refractivity contribution is 5.85. The van der Waals surface area contributed by atoms with E-state index in [1.807, 2.05) is 12.1 Å². The molecule has 17 heavy (non-hydrogen) atoms. The van der Waals surface area contributed by atoms with E-state index in [1.54, 1.807) is 0 Å². The van der Waals surface area contributed by atoms with Gasteiger partial charge >= 0.3 is 0 Å². The van der Waals surface area contributed by atoms with E-state index < -0.39 is 0 Å². The summed E-state index contributed by atoms with van der Waals surface area (Å²) < 4.78 is 5.77. The molecular weight excluding hydrogens is 234 g/mol. The predicted molar refractivity (Wildman–Crippen MR) is 73.7 cm³/mol. The van der Waals surface area contributed by atoms with Crippen LogP contribution in [0, 0.1) is 5.92 Å². The SMILES string of the molecule is CC(C)(C)Oc1ccc([C@H](N)C2CC2)cc1.Cl. The number of hydrogen-bond acceptors (Lipinski definition) is 2. The molecule has 1 aliphatic carbocycles. The number of ether oxygens (including phenoxy) is 1. The zero-order valence-corrected chi connectivity index (χ0v) is 11.6. The molecule has 0 heterocycles. The third-order valence-electron chi connectivity index (χ3n) is 2.82. The molecule has 0 amide bonds. The molecule has 2 N–H and O–H groups in total. The standard InChI is InChI=1S/C14H21NO.ClH/c1-14(2,3)16-12-8-6-11(7-9-12)13(15)10-4-5-10;/h6-10,13H,4-5,15H2,1-3H3;1H/t13-;/m1./s1. The van der Waals surface area contributed by atoms with Crippen molar-refractivity contribution in [1.82, 2.24) is 0 Å². The first-order valence-electron chi connectivity index (χ1n) is 6.00. The molecule has 96 valence electrons. The molecule has 0 radical (unpaired) electrons. The molecule has 1 fully saturated rings. The molecule has 3 heteroatoms. The minimum Gasteiger partial charge on any atom is -0.488 e. The Balaban J connectivity index is 0.00000144. The molecule has 0 aromatic heterocycles. The summed E-state index contributed by atoms with van der Waals surface area (Å²) in [6.07, 6.45) is 2.56. The van der Waals surface area contributed by atoms with Crippen molar-refractivity contribution in [3.63, 3.8) is 0 Å². The van der Waals surface area contributed by atoms with Crippen LogP contribution in [0.4, 0.5) is 0 Å². The van der Waals surface area contributed by atoms with Crippen LogP contribution in [-0.2, 0) is 0 Å². The van der Waals surface area contributed by atoms with Gasteiger partial charge in [-0.25, -0.2) is 0 Å². The Bertz CT molecular complexity index is 351. The summed E-state index contributed by atoms with van der Waals surface area (Å²) >= 11 is 0. The largest absolute Gasteiger partial charge is 0.488 e. The summed E-state index contributed by atoms with van der Waals surface area (Å²) in [5.41, 5.74) is 7.22. The normalized spacial score (nSPS) is 17.2. The Kier molecular flexibility index (Phi) is 4.45. The number of rotatable bonds is 3. The van der Waals surface area contributed by atoms with Crippen LogP contribution in [0.3, 0.4) is 0 Å². The summed E-state index contributed by atoms with van der Waals surface area (Å²) in [6, 6.07) is 8.42. The van der Waals surface area contributed by atoms with Crippen molar-refractivity contribution in [2.45, 2.75) is 45.3 Å². The summed E-state index contributed by atoms with van der Waals surface area (Å²) in [5.74, 6) is 1.62. The first-order chi connectivity index (χ1) is 7.46. The zero-order chi connectivity index (χ0) is 11.8. The molecule has 1 aliphatic rings. The van der Waals surface area contributed by atoms with Crippen LogP contribution in [0.15, 0.2) is 24.3 Å². The summed E-state index contributed by atoms with van der Waals surface area (Å²) in [6.45, 7) is 6.16. The van der Waals surface area contributed by atoms with Gasteiger partial charge in [0.1, 0.15) is 11.4 Å². The lowest BCUT2D eigenvalue weighted by Crippen LogP contribution is -2.23. The second-order valence-electron chi connectivity index (χ2n) is 5.65. The highest BCUT2D eigenvalue weighted by atomic mass is 35.5. The second-order valence-corrected chi connectivity index (χ2v) is 5.65. The summed E-state index contributed by atoms with van der Waals surface area (Å²) in [4.78, 5) is 0. The Labute approximate surface area is 110 Å². The minimum absolute atomic E-state index is 0. The van der Waals surface area contributed by atoms with Gasteiger partial charge in [0.25, 0.3) is 0 Å². The van der Waals surface area contributed by atoms with Crippen molar-refractivity contribution in [1.29, 1.82) is 0 Å². The van der Waals surface area contributed by atoms with Gasteiger partial charge in [-0.15, -0.1) is 12.4 Å². The van der Waals surface area contributed by atoms with Crippen LogP contribution in [0.2, 0.25) is 0 Å². The molecule has 1 aromatic carbocycles. The molecule has 0 unspecified atom stereocenters. The van der Waals surface area contributed by atoms with Crippen molar-refractivity contribution in [3.8, 4) is 5.75 Å². The summed E-state index contributed by atoms with van der Waals surface area (Å²) in [5, 5.41) is 0. The van der Waals surface area contributed by atoms with Gasteiger partial charge in [-0.2, -0.15) is 0 Å². The fourth-order valence-electron chi connectivity index (χ4n) is 1.84. The second kappa shape index (κ2) is 5.28. The molecular formula is C14H22ClNO. The van der Waals surface area contributed by atoms with Crippen LogP contribution in [0.1, 0.15) is 45.2 Å². The van der Waals surface area contributed by atoms with Gasteiger partial charge in [0.2, 0.25) is 0 Å². The molecule has 0 spiro atoms. The first-order valence-corrected chi connectivity index (χ1v) is 6.00. The van der Waals surface area contributed by atoms with Gasteiger partial charge in [-0.3, -0.25) is 0 Å². The van der Waals surface area contributed by atoms with Crippen LogP contribution in [-0.4, -0.2) is 5.60 Å². The minimum atomic E-state index is -0.139. The molecule has 1 atom stereocenters. The highest BCUT2D eigenvalue weighted by Crippen LogP contribution is 2.39. The smallest absolute Gasteiger partial charge is 0.120 e. The average molecular weight is 256 g/mol. The Hall–Kier alpha value is -0.730. The maximum atomic E-state index is 6.14. The number of benzene rings is 1. The number of nitrogens with two attached hydrogens (primary N) is 1. The van der Waals surface area contributed by atoms with E-state index in [-0.39, 0.29) is 24.0 Å². The van der Waals surface area contributed by atoms with E-state index in [0.717, 1.165) is 5.75 Å². The fourth-order valence-corrected chi connectivity index (χ4v) is 1.84. The van der Waals surface area contributed by atoms with E-state index in [1.165, 1.54) is 18.4 Å². The zero-order valence-electron chi connectivity index (χ0n) is 10.8. The van der Waals surface area contributed by atoms with E-state index in [4.69, 9.17) is 10.5 Å². The van der Waals surface area contributed by atoms with E-state index >= 15 is 0 Å². The van der Waals surface area contributed by atoms with Crippen LogP contribution in [0.25, 0.3) is 0 Å². The topological polar surface area (TPSA) is 35.2 Å². The van der Waals surface area contributed by atoms with Gasteiger partial charge in [0.05, 0.1) is 0 Å². The third-order valence-corrected chi connectivity index (χ3v) is 2.82. The van der Waals surface area contributed by atoms with Gasteiger partial charge in [-0.1, -0.05) is 12.1 Å². The van der Waals surface area contributed by atoms with Crippen molar-refractivity contribution in [2.24, 2.45) is 11.7 Å². The van der Waals surface area contributed by atoms with E-state index in [2.05, 4.69) is 32.9 Å². The lowest BCUT2D eigenvalue weighted by molar-refractivity contribution is 0.131. The van der Waals surface area contributed by atoms with Crippen molar-refractivity contribution < 1.29 is 4.74 Å². The van der Waals surface area contributed by atoms with Gasteiger partial charge < -0.3 is 10.5 Å². The molecule has 2 nitrogen and oxygen atoms in total. The highest BCUT2D eigenvalue weighted by Gasteiger charge is 2.29. The van der Waals surface area contributed by atoms with E-state index in [9.17, 15) is 0 Å². The maximum Gasteiger partial charge on any atom is 0.120 e. The Morgan fingerprint density at radius 2 is 1.71 bits per heavy atom. The van der Waals surface area contributed by atoms with Crippen LogP contribution in [0.5, 0.6) is 5.75 Å². The number of hydrogen-bond donors (Lipinski definition) is 1. The number of halogens is 1. The van der Waals surface area contributed by atoms with Gasteiger partial charge in [-0.05, 0) is 57.2 Å². The lowest BCUT2D eigenvalue weighted by atomic mass is 10.0. The van der Waals surface area contributed by atoms with Crippen LogP contribution < -0.4 is 10.5 Å². The van der Waals surface area contributed by atoms with Gasteiger partial charge in [0, 0.05) is 6.04 Å². The molecule has 0 aliphatic heterocycles. The van der Waals surface area contributed by atoms with Crippen LogP contribution >= 0.6 is 12.4 Å². The average Bonchev–Trinajstić information content (AvgIpc) is 2.98. The van der Waals surface area contributed by atoms with Crippen molar-refractivity contribution in [2.75, 3.05) is 0 Å². The lowest BCUT2D eigenvalue weighted by Gasteiger charge is -2.21. The van der Waals surface area contributed by atoms with Gasteiger partial charge in [0.15, 0.2) is 0 Å². The molecule has 2 rings (SSSR count). The molecule has 1 saturated carbocycles. The Morgan fingerprint density at radius 3 is 2.12 bits per heavy atom. The Morgan fingerprint density at radius 1 is 1.18 bits per heavy atom. The van der Waals surface area contributed by atoms with E-state index in [0.29, 0.717) is 5.92 Å².